The van der Waals surface area contributed by atoms with E-state index in [4.69, 9.17) is 9.97 Å². The highest BCUT2D eigenvalue weighted by Gasteiger charge is 2.37. The Morgan fingerprint density at radius 3 is 1.43 bits per heavy atom. The maximum atomic E-state index is 14.1. The normalized spacial score (nSPS) is 12.1. The van der Waals surface area contributed by atoms with Crippen molar-refractivity contribution in [3.63, 3.8) is 0 Å². The van der Waals surface area contributed by atoms with E-state index in [0.29, 0.717) is 22.4 Å². The molecule has 0 amide bonds. The predicted octanol–water partition coefficient (Wildman–Crippen LogP) is 17.0. The van der Waals surface area contributed by atoms with E-state index in [1.807, 2.05) is 133 Å². The maximum absolute atomic E-state index is 14.1. The van der Waals surface area contributed by atoms with Crippen molar-refractivity contribution in [3.8, 4) is 67.5 Å². The molecule has 0 aliphatic heterocycles. The molecule has 3 aromatic heterocycles. The Bertz CT molecular complexity index is 3840. The van der Waals surface area contributed by atoms with Gasteiger partial charge in [-0.05, 0) is 95.6 Å². The van der Waals surface area contributed by atoms with Crippen LogP contribution in [0, 0.1) is 0 Å². The van der Waals surface area contributed by atoms with Gasteiger partial charge in [-0.15, -0.1) is 0 Å². The lowest BCUT2D eigenvalue weighted by Crippen LogP contribution is -2.11. The van der Waals surface area contributed by atoms with E-state index in [1.54, 1.807) is 18.2 Å². The molecule has 0 unspecified atom stereocenters. The Kier molecular flexibility index (Phi) is 10.0. The average molecular weight is 927 g/mol. The fourth-order valence-corrected chi connectivity index (χ4v) is 9.74. The molecule has 9 aromatic carbocycles. The summed E-state index contributed by atoms with van der Waals surface area (Å²) in [7, 11) is 0. The van der Waals surface area contributed by atoms with Gasteiger partial charge in [-0.25, -0.2) is 9.97 Å². The van der Waals surface area contributed by atoms with E-state index < -0.39 is 23.5 Å². The van der Waals surface area contributed by atoms with Crippen molar-refractivity contribution in [2.24, 2.45) is 0 Å². The van der Waals surface area contributed by atoms with Crippen LogP contribution in [0.3, 0.4) is 0 Å². The summed E-state index contributed by atoms with van der Waals surface area (Å²) in [6.45, 7) is 0. The Labute approximate surface area is 397 Å². The zero-order valence-corrected chi connectivity index (χ0v) is 36.8. The maximum Gasteiger partial charge on any atom is 0.416 e. The Morgan fingerprint density at radius 2 is 0.814 bits per heavy atom. The van der Waals surface area contributed by atoms with Crippen molar-refractivity contribution in [1.29, 1.82) is 0 Å². The van der Waals surface area contributed by atoms with Crippen molar-refractivity contribution in [2.45, 2.75) is 12.4 Å². The lowest BCUT2D eigenvalue weighted by molar-refractivity contribution is -0.143. The zero-order chi connectivity index (χ0) is 47.7. The minimum absolute atomic E-state index is 0.155. The lowest BCUT2D eigenvalue weighted by atomic mass is 9.97. The Morgan fingerprint density at radius 1 is 0.314 bits per heavy atom. The van der Waals surface area contributed by atoms with Crippen LogP contribution in [-0.2, 0) is 12.4 Å². The number of hydrogen-bond acceptors (Lipinski definition) is 2. The fourth-order valence-electron chi connectivity index (χ4n) is 9.74. The molecular formula is C60H36F6N4. The molecule has 0 aliphatic carbocycles. The van der Waals surface area contributed by atoms with E-state index in [9.17, 15) is 26.3 Å². The molecule has 4 nitrogen and oxygen atoms in total. The summed E-state index contributed by atoms with van der Waals surface area (Å²) in [6, 6.07) is 67.4. The molecule has 0 bridgehead atoms. The van der Waals surface area contributed by atoms with Gasteiger partial charge in [0.2, 0.25) is 0 Å². The van der Waals surface area contributed by atoms with Gasteiger partial charge in [0.1, 0.15) is 0 Å². The van der Waals surface area contributed by atoms with E-state index in [2.05, 4.69) is 57.7 Å². The molecular weight excluding hydrogens is 891 g/mol. The standard InChI is InChI=1S/C60H36F6N4/c61-59(62,63)43-30-42(31-44(35-43)60(64,65)66)39-26-28-57-50(33-39)48-22-9-12-25-55(48)70(57)56-29-27-41(52-36-51(37-14-3-1-4-15-37)67-58(68-52)38-16-5-2-6-17-38)34-49(56)40-18-13-19-45(32-40)69-53-23-10-7-20-46(53)47-21-8-11-24-54(47)69/h1-36H. The number of fused-ring (bicyclic) bond motifs is 6. The predicted molar refractivity (Wildman–Crippen MR) is 268 cm³/mol. The van der Waals surface area contributed by atoms with Gasteiger partial charge in [-0.3, -0.25) is 0 Å². The van der Waals surface area contributed by atoms with Crippen LogP contribution in [0.15, 0.2) is 218 Å². The van der Waals surface area contributed by atoms with E-state index in [-0.39, 0.29) is 17.2 Å². The third-order valence-corrected chi connectivity index (χ3v) is 12.9. The molecule has 0 saturated heterocycles. The molecule has 12 rings (SSSR count). The van der Waals surface area contributed by atoms with Crippen molar-refractivity contribution >= 4 is 43.6 Å². The Hall–Kier alpha value is -8.76. The third-order valence-electron chi connectivity index (χ3n) is 12.9. The zero-order valence-electron chi connectivity index (χ0n) is 36.8. The summed E-state index contributed by atoms with van der Waals surface area (Å²) in [4.78, 5) is 10.2. The van der Waals surface area contributed by atoms with Crippen LogP contribution in [-0.4, -0.2) is 19.1 Å². The third kappa shape index (κ3) is 7.45. The molecule has 338 valence electrons. The van der Waals surface area contributed by atoms with E-state index in [0.717, 1.165) is 89.7 Å². The van der Waals surface area contributed by atoms with Crippen molar-refractivity contribution in [1.82, 2.24) is 19.1 Å². The van der Waals surface area contributed by atoms with Crippen LogP contribution in [0.1, 0.15) is 11.1 Å². The SMILES string of the molecule is FC(F)(F)c1cc(-c2ccc3c(c2)c2ccccc2n3-c2ccc(-c3cc(-c4ccccc4)nc(-c4ccccc4)n3)cc2-c2cccc(-n3c4ccccc4c4ccccc43)c2)cc(C(F)(F)F)c1. The van der Waals surface area contributed by atoms with E-state index in [1.165, 1.54) is 0 Å². The van der Waals surface area contributed by atoms with Gasteiger partial charge in [0.25, 0.3) is 0 Å². The highest BCUT2D eigenvalue weighted by molar-refractivity contribution is 6.12. The summed E-state index contributed by atoms with van der Waals surface area (Å²) < 4.78 is 88.8. The highest BCUT2D eigenvalue weighted by Crippen LogP contribution is 2.43. The van der Waals surface area contributed by atoms with Gasteiger partial charge in [-0.1, -0.05) is 140 Å². The number of hydrogen-bond donors (Lipinski definition) is 0. The summed E-state index contributed by atoms with van der Waals surface area (Å²) in [5.74, 6) is 0.567. The largest absolute Gasteiger partial charge is 0.416 e. The summed E-state index contributed by atoms with van der Waals surface area (Å²) in [5.41, 5.74) is 8.44. The molecule has 0 atom stereocenters. The van der Waals surface area contributed by atoms with Gasteiger partial charge < -0.3 is 9.13 Å². The molecule has 12 aromatic rings. The molecule has 70 heavy (non-hydrogen) atoms. The van der Waals surface area contributed by atoms with Gasteiger partial charge >= 0.3 is 12.4 Å². The van der Waals surface area contributed by atoms with Gasteiger partial charge in [0.05, 0.1) is 50.3 Å². The monoisotopic (exact) mass is 926 g/mol. The van der Waals surface area contributed by atoms with Gasteiger partial charge in [0.15, 0.2) is 5.82 Å². The first-order valence-corrected chi connectivity index (χ1v) is 22.5. The number of para-hydroxylation sites is 3. The smallest absolute Gasteiger partial charge is 0.309 e. The number of halogens is 6. The molecule has 0 N–H and O–H groups in total. The first-order chi connectivity index (χ1) is 34.0. The van der Waals surface area contributed by atoms with Crippen molar-refractivity contribution < 1.29 is 26.3 Å². The molecule has 0 saturated carbocycles. The average Bonchev–Trinajstić information content (AvgIpc) is 3.91. The quantitative estimate of drug-likeness (QED) is 0.149. The minimum Gasteiger partial charge on any atom is -0.309 e. The second-order valence-electron chi connectivity index (χ2n) is 17.2. The number of nitrogens with zero attached hydrogens (tertiary/aromatic N) is 4. The van der Waals surface area contributed by atoms with Crippen LogP contribution in [0.2, 0.25) is 0 Å². The van der Waals surface area contributed by atoms with Crippen LogP contribution in [0.25, 0.3) is 111 Å². The molecule has 0 spiro atoms. The lowest BCUT2D eigenvalue weighted by Gasteiger charge is -2.18. The topological polar surface area (TPSA) is 35.6 Å². The van der Waals surface area contributed by atoms with Gasteiger partial charge in [0, 0.05) is 49.5 Å². The highest BCUT2D eigenvalue weighted by atomic mass is 19.4. The first-order valence-electron chi connectivity index (χ1n) is 22.5. The van der Waals surface area contributed by atoms with Crippen molar-refractivity contribution in [3.05, 3.63) is 230 Å². The fraction of sp³-hybridized carbons (Fsp3) is 0.0333. The molecule has 3 heterocycles. The number of benzene rings is 9. The summed E-state index contributed by atoms with van der Waals surface area (Å²) in [5, 5.41) is 3.68. The molecule has 0 aliphatic rings. The summed E-state index contributed by atoms with van der Waals surface area (Å²) >= 11 is 0. The van der Waals surface area contributed by atoms with Gasteiger partial charge in [-0.2, -0.15) is 26.3 Å². The van der Waals surface area contributed by atoms with Crippen LogP contribution < -0.4 is 0 Å². The molecule has 10 heteroatoms. The van der Waals surface area contributed by atoms with Crippen LogP contribution in [0.5, 0.6) is 0 Å². The number of rotatable bonds is 7. The van der Waals surface area contributed by atoms with Crippen LogP contribution >= 0.6 is 0 Å². The van der Waals surface area contributed by atoms with Crippen molar-refractivity contribution in [2.75, 3.05) is 0 Å². The summed E-state index contributed by atoms with van der Waals surface area (Å²) in [6.07, 6.45) is -9.98. The molecule has 0 radical (unpaired) electrons. The van der Waals surface area contributed by atoms with E-state index >= 15 is 0 Å². The number of alkyl halides is 6. The minimum atomic E-state index is -4.99. The molecule has 0 fully saturated rings. The first kappa shape index (κ1) is 42.6. The van der Waals surface area contributed by atoms with Crippen LogP contribution in [0.4, 0.5) is 26.3 Å². The second kappa shape index (κ2) is 16.5. The number of aromatic nitrogens is 4. The Balaban J connectivity index is 1.10. The second-order valence-corrected chi connectivity index (χ2v) is 17.2.